The molecule has 30 heavy (non-hydrogen) atoms. The number of carbonyl (C=O) groups is 2. The van der Waals surface area contributed by atoms with Gasteiger partial charge in [-0.3, -0.25) is 0 Å². The predicted molar refractivity (Wildman–Crippen MR) is 122 cm³/mol. The van der Waals surface area contributed by atoms with Gasteiger partial charge in [0.05, 0.1) is 10.7 Å². The van der Waals surface area contributed by atoms with Gasteiger partial charge in [-0.1, -0.05) is 55.3 Å². The molecule has 1 atom stereocenters. The first kappa shape index (κ1) is 23.0. The molecular formula is C22H32Cl2N4O2. The van der Waals surface area contributed by atoms with E-state index in [0.29, 0.717) is 35.4 Å². The topological polar surface area (TPSA) is 73.5 Å². The summed E-state index contributed by atoms with van der Waals surface area (Å²) in [5.41, 5.74) is 0.546. The van der Waals surface area contributed by atoms with Gasteiger partial charge in [0.2, 0.25) is 0 Å². The lowest BCUT2D eigenvalue weighted by atomic mass is 9.97. The van der Waals surface area contributed by atoms with Crippen LogP contribution >= 0.6 is 23.2 Å². The highest BCUT2D eigenvalue weighted by molar-refractivity contribution is 6.36. The molecule has 1 aliphatic carbocycles. The standard InChI is InChI=1S/C22H32Cl2N4O2/c23-17-10-11-20(19(24)13-17)27-22(30)28-12-6-7-16(15-28)14-25-21(29)26-18-8-4-2-1-3-5-9-18/h10-11,13,16,18H,1-9,12,14-15H2,(H,27,30)(H2,25,26,29). The summed E-state index contributed by atoms with van der Waals surface area (Å²) in [5.74, 6) is 0.244. The highest BCUT2D eigenvalue weighted by Crippen LogP contribution is 2.26. The second-order valence-corrected chi connectivity index (χ2v) is 9.25. The van der Waals surface area contributed by atoms with Crippen molar-refractivity contribution in [2.45, 2.75) is 63.8 Å². The van der Waals surface area contributed by atoms with Crippen molar-refractivity contribution in [3.8, 4) is 0 Å². The van der Waals surface area contributed by atoms with Gasteiger partial charge < -0.3 is 20.9 Å². The van der Waals surface area contributed by atoms with Crippen LogP contribution < -0.4 is 16.0 Å². The van der Waals surface area contributed by atoms with Gasteiger partial charge in [-0.25, -0.2) is 9.59 Å². The van der Waals surface area contributed by atoms with Crippen molar-refractivity contribution in [1.82, 2.24) is 15.5 Å². The summed E-state index contributed by atoms with van der Waals surface area (Å²) in [5, 5.41) is 9.95. The number of urea groups is 2. The Morgan fingerprint density at radius 2 is 1.73 bits per heavy atom. The van der Waals surface area contributed by atoms with E-state index in [2.05, 4.69) is 16.0 Å². The monoisotopic (exact) mass is 454 g/mol. The van der Waals surface area contributed by atoms with Crippen molar-refractivity contribution in [2.24, 2.45) is 5.92 Å². The Bertz CT molecular complexity index is 723. The Kier molecular flexibility index (Phi) is 8.94. The van der Waals surface area contributed by atoms with E-state index in [1.54, 1.807) is 23.1 Å². The maximum absolute atomic E-state index is 12.6. The number of nitrogens with one attached hydrogen (secondary N) is 3. The number of benzene rings is 1. The number of carbonyl (C=O) groups excluding carboxylic acids is 2. The Morgan fingerprint density at radius 1 is 1.00 bits per heavy atom. The van der Waals surface area contributed by atoms with Crippen molar-refractivity contribution < 1.29 is 9.59 Å². The second-order valence-electron chi connectivity index (χ2n) is 8.40. The van der Waals surface area contributed by atoms with Crippen LogP contribution in [0.1, 0.15) is 57.8 Å². The maximum atomic E-state index is 12.6. The molecule has 0 aromatic heterocycles. The number of rotatable bonds is 4. The lowest BCUT2D eigenvalue weighted by Crippen LogP contribution is -2.48. The van der Waals surface area contributed by atoms with E-state index in [9.17, 15) is 9.59 Å². The van der Waals surface area contributed by atoms with Crippen LogP contribution in [0.15, 0.2) is 18.2 Å². The number of anilines is 1. The number of halogens is 2. The molecule has 0 bridgehead atoms. The minimum absolute atomic E-state index is 0.0879. The zero-order chi connectivity index (χ0) is 21.3. The molecule has 1 aliphatic heterocycles. The normalized spacial score (nSPS) is 20.7. The summed E-state index contributed by atoms with van der Waals surface area (Å²) in [6.07, 6.45) is 10.3. The minimum atomic E-state index is -0.178. The van der Waals surface area contributed by atoms with Crippen LogP contribution in [0.5, 0.6) is 0 Å². The van der Waals surface area contributed by atoms with E-state index < -0.39 is 0 Å². The first-order valence-corrected chi connectivity index (χ1v) is 11.8. The van der Waals surface area contributed by atoms with E-state index in [0.717, 1.165) is 25.7 Å². The van der Waals surface area contributed by atoms with Gasteiger partial charge in [0.15, 0.2) is 0 Å². The molecule has 1 heterocycles. The van der Waals surface area contributed by atoms with Gasteiger partial charge in [0, 0.05) is 30.7 Å². The lowest BCUT2D eigenvalue weighted by Gasteiger charge is -2.33. The molecule has 1 aromatic rings. The summed E-state index contributed by atoms with van der Waals surface area (Å²) < 4.78 is 0. The summed E-state index contributed by atoms with van der Waals surface area (Å²) in [4.78, 5) is 26.8. The molecule has 3 N–H and O–H groups in total. The third-order valence-electron chi connectivity index (χ3n) is 5.97. The zero-order valence-electron chi connectivity index (χ0n) is 17.4. The van der Waals surface area contributed by atoms with Crippen molar-refractivity contribution >= 4 is 41.0 Å². The fourth-order valence-electron chi connectivity index (χ4n) is 4.28. The van der Waals surface area contributed by atoms with Crippen molar-refractivity contribution in [2.75, 3.05) is 25.0 Å². The van der Waals surface area contributed by atoms with Gasteiger partial charge in [-0.2, -0.15) is 0 Å². The van der Waals surface area contributed by atoms with Crippen LogP contribution in [0, 0.1) is 5.92 Å². The second kappa shape index (κ2) is 11.7. The van der Waals surface area contributed by atoms with Gasteiger partial charge in [0.1, 0.15) is 0 Å². The Morgan fingerprint density at radius 3 is 2.47 bits per heavy atom. The number of amides is 4. The summed E-state index contributed by atoms with van der Waals surface area (Å²) in [7, 11) is 0. The van der Waals surface area contributed by atoms with Crippen molar-refractivity contribution in [3.63, 3.8) is 0 Å². The number of hydrogen-bond acceptors (Lipinski definition) is 2. The van der Waals surface area contributed by atoms with Gasteiger partial charge >= 0.3 is 12.1 Å². The van der Waals surface area contributed by atoms with Crippen LogP contribution in [0.2, 0.25) is 10.0 Å². The highest BCUT2D eigenvalue weighted by atomic mass is 35.5. The molecule has 8 heteroatoms. The van der Waals surface area contributed by atoms with Crippen molar-refractivity contribution in [1.29, 1.82) is 0 Å². The number of nitrogens with zero attached hydrogens (tertiary/aromatic N) is 1. The van der Waals surface area contributed by atoms with Gasteiger partial charge in [-0.15, -0.1) is 0 Å². The summed E-state index contributed by atoms with van der Waals surface area (Å²) in [6, 6.07) is 5.02. The van der Waals surface area contributed by atoms with Crippen LogP contribution in [0.4, 0.5) is 15.3 Å². The molecule has 166 valence electrons. The van der Waals surface area contributed by atoms with Crippen LogP contribution in [0.25, 0.3) is 0 Å². The Hall–Kier alpha value is -1.66. The molecule has 1 saturated heterocycles. The average molecular weight is 455 g/mol. The van der Waals surface area contributed by atoms with E-state index in [1.807, 2.05) is 0 Å². The van der Waals surface area contributed by atoms with Crippen LogP contribution in [0.3, 0.4) is 0 Å². The molecule has 4 amide bonds. The summed E-state index contributed by atoms with van der Waals surface area (Å²) >= 11 is 12.1. The molecule has 0 radical (unpaired) electrons. The van der Waals surface area contributed by atoms with Crippen LogP contribution in [-0.2, 0) is 0 Å². The SMILES string of the molecule is O=C(NCC1CCCN(C(=O)Nc2ccc(Cl)cc2Cl)C1)NC1CCCCCCC1. The predicted octanol–water partition coefficient (Wildman–Crippen LogP) is 5.65. The Balaban J connectivity index is 1.42. The van der Waals surface area contributed by atoms with Gasteiger partial charge in [-0.05, 0) is 49.8 Å². The minimum Gasteiger partial charge on any atom is -0.338 e. The van der Waals surface area contributed by atoms with E-state index >= 15 is 0 Å². The quantitative estimate of drug-likeness (QED) is 0.549. The Labute approximate surface area is 189 Å². The number of likely N-dealkylation sites (tertiary alicyclic amines) is 1. The van der Waals surface area contributed by atoms with E-state index in [1.165, 1.54) is 32.1 Å². The molecule has 2 aliphatic rings. The molecule has 1 aromatic carbocycles. The molecule has 0 spiro atoms. The molecule has 1 saturated carbocycles. The van der Waals surface area contributed by atoms with Crippen LogP contribution in [-0.4, -0.2) is 42.6 Å². The largest absolute Gasteiger partial charge is 0.338 e. The fraction of sp³-hybridized carbons (Fsp3) is 0.636. The maximum Gasteiger partial charge on any atom is 0.321 e. The fourth-order valence-corrected chi connectivity index (χ4v) is 4.73. The molecule has 1 unspecified atom stereocenters. The number of hydrogen-bond donors (Lipinski definition) is 3. The zero-order valence-corrected chi connectivity index (χ0v) is 18.9. The lowest BCUT2D eigenvalue weighted by molar-refractivity contribution is 0.175. The summed E-state index contributed by atoms with van der Waals surface area (Å²) in [6.45, 7) is 1.88. The molecule has 6 nitrogen and oxygen atoms in total. The molecular weight excluding hydrogens is 423 g/mol. The average Bonchev–Trinajstić information content (AvgIpc) is 2.70. The smallest absolute Gasteiger partial charge is 0.321 e. The van der Waals surface area contributed by atoms with E-state index in [4.69, 9.17) is 23.2 Å². The third kappa shape index (κ3) is 7.24. The van der Waals surface area contributed by atoms with Gasteiger partial charge in [0.25, 0.3) is 0 Å². The van der Waals surface area contributed by atoms with E-state index in [-0.39, 0.29) is 24.0 Å². The third-order valence-corrected chi connectivity index (χ3v) is 6.52. The molecule has 2 fully saturated rings. The number of piperidine rings is 1. The van der Waals surface area contributed by atoms with Crippen molar-refractivity contribution in [3.05, 3.63) is 28.2 Å². The first-order valence-electron chi connectivity index (χ1n) is 11.1. The highest BCUT2D eigenvalue weighted by Gasteiger charge is 2.25. The molecule has 3 rings (SSSR count). The first-order chi connectivity index (χ1) is 14.5.